The van der Waals surface area contributed by atoms with Gasteiger partial charge in [0.25, 0.3) is 0 Å². The van der Waals surface area contributed by atoms with E-state index in [0.717, 1.165) is 64.7 Å². The van der Waals surface area contributed by atoms with E-state index in [-0.39, 0.29) is 12.1 Å². The average molecular weight is 326 g/mol. The highest BCUT2D eigenvalue weighted by molar-refractivity contribution is 5.74. The number of nitrogens with one attached hydrogen (secondary N) is 2. The minimum atomic E-state index is -0.689. The van der Waals surface area contributed by atoms with Crippen molar-refractivity contribution in [2.45, 2.75) is 56.6 Å². The summed E-state index contributed by atoms with van der Waals surface area (Å²) in [4.78, 5) is 16.7. The molecule has 0 unspecified atom stereocenters. The van der Waals surface area contributed by atoms with Crippen molar-refractivity contribution in [1.29, 1.82) is 0 Å². The van der Waals surface area contributed by atoms with Gasteiger partial charge in [-0.3, -0.25) is 0 Å². The van der Waals surface area contributed by atoms with Crippen molar-refractivity contribution in [1.82, 2.24) is 20.4 Å². The first-order chi connectivity index (χ1) is 11.0. The van der Waals surface area contributed by atoms with Crippen LogP contribution >= 0.6 is 0 Å². The molecule has 1 saturated carbocycles. The van der Waals surface area contributed by atoms with Crippen molar-refractivity contribution in [2.24, 2.45) is 0 Å². The lowest BCUT2D eigenvalue weighted by atomic mass is 9.85. The van der Waals surface area contributed by atoms with Crippen molar-refractivity contribution >= 4 is 6.03 Å². The van der Waals surface area contributed by atoms with E-state index in [9.17, 15) is 9.90 Å². The van der Waals surface area contributed by atoms with Crippen LogP contribution < -0.4 is 10.6 Å². The van der Waals surface area contributed by atoms with Crippen LogP contribution in [-0.4, -0.2) is 79.4 Å². The Morgan fingerprint density at radius 2 is 1.87 bits per heavy atom. The average Bonchev–Trinajstić information content (AvgIpc) is 2.53. The molecule has 0 bridgehead atoms. The van der Waals surface area contributed by atoms with Crippen LogP contribution in [0.2, 0.25) is 0 Å². The molecule has 1 heterocycles. The molecule has 134 valence electrons. The number of amides is 2. The van der Waals surface area contributed by atoms with Gasteiger partial charge in [0, 0.05) is 38.8 Å². The fraction of sp³-hybridized carbons (Fsp3) is 0.941. The quantitative estimate of drug-likeness (QED) is 0.681. The molecule has 2 fully saturated rings. The van der Waals surface area contributed by atoms with Crippen molar-refractivity contribution in [3.63, 3.8) is 0 Å². The maximum atomic E-state index is 12.0. The number of rotatable bonds is 6. The second-order valence-electron chi connectivity index (χ2n) is 7.53. The fourth-order valence-electron chi connectivity index (χ4n) is 3.51. The molecule has 6 heteroatoms. The van der Waals surface area contributed by atoms with Gasteiger partial charge in [0.15, 0.2) is 0 Å². The highest BCUT2D eigenvalue weighted by atomic mass is 16.3. The van der Waals surface area contributed by atoms with Gasteiger partial charge in [0.05, 0.1) is 5.60 Å². The number of piperidine rings is 1. The predicted molar refractivity (Wildman–Crippen MR) is 92.6 cm³/mol. The largest absolute Gasteiger partial charge is 0.388 e. The first kappa shape index (κ1) is 18.5. The lowest BCUT2D eigenvalue weighted by Gasteiger charge is -2.34. The van der Waals surface area contributed by atoms with Crippen molar-refractivity contribution in [3.05, 3.63) is 0 Å². The number of nitrogens with zero attached hydrogens (tertiary/aromatic N) is 2. The summed E-state index contributed by atoms with van der Waals surface area (Å²) in [6.45, 7) is 4.64. The van der Waals surface area contributed by atoms with Gasteiger partial charge in [-0.15, -0.1) is 0 Å². The second-order valence-corrected chi connectivity index (χ2v) is 7.53. The summed E-state index contributed by atoms with van der Waals surface area (Å²) in [6.07, 6.45) is 6.93. The molecular weight excluding hydrogens is 292 g/mol. The molecule has 0 radical (unpaired) electrons. The fourth-order valence-corrected chi connectivity index (χ4v) is 3.51. The molecule has 3 N–H and O–H groups in total. The number of aliphatic hydroxyl groups is 1. The number of likely N-dealkylation sites (N-methyl/N-ethyl adjacent to an activating group) is 1. The molecule has 1 aliphatic heterocycles. The number of hydrogen-bond donors (Lipinski definition) is 3. The summed E-state index contributed by atoms with van der Waals surface area (Å²) >= 11 is 0. The van der Waals surface area contributed by atoms with Gasteiger partial charge < -0.3 is 25.5 Å². The SMILES string of the molecule is CN(C)CCN1CCC(NC(=O)NCC2(O)CCCCC2)CC1. The van der Waals surface area contributed by atoms with E-state index in [1.165, 1.54) is 6.42 Å². The van der Waals surface area contributed by atoms with Crippen molar-refractivity contribution in [2.75, 3.05) is 46.8 Å². The molecule has 23 heavy (non-hydrogen) atoms. The Morgan fingerprint density at radius 3 is 2.48 bits per heavy atom. The van der Waals surface area contributed by atoms with Crippen LogP contribution in [0.3, 0.4) is 0 Å². The molecule has 0 aromatic carbocycles. The molecule has 2 amide bonds. The van der Waals surface area contributed by atoms with E-state index in [1.54, 1.807) is 0 Å². The highest BCUT2D eigenvalue weighted by Crippen LogP contribution is 2.27. The maximum Gasteiger partial charge on any atom is 0.315 e. The first-order valence-electron chi connectivity index (χ1n) is 9.11. The smallest absolute Gasteiger partial charge is 0.315 e. The topological polar surface area (TPSA) is 67.8 Å². The summed E-state index contributed by atoms with van der Waals surface area (Å²) in [5.74, 6) is 0. The zero-order valence-electron chi connectivity index (χ0n) is 14.8. The van der Waals surface area contributed by atoms with Crippen LogP contribution in [0.5, 0.6) is 0 Å². The molecule has 1 aliphatic carbocycles. The second kappa shape index (κ2) is 8.85. The van der Waals surface area contributed by atoms with Gasteiger partial charge in [-0.1, -0.05) is 19.3 Å². The zero-order chi connectivity index (χ0) is 16.7. The standard InChI is InChI=1S/C17H34N4O2/c1-20(2)12-13-21-10-6-15(7-11-21)19-16(22)18-14-17(23)8-4-3-5-9-17/h15,23H,3-14H2,1-2H3,(H2,18,19,22). The lowest BCUT2D eigenvalue weighted by Crippen LogP contribution is -2.52. The Labute approximate surface area is 140 Å². The normalized spacial score (nSPS) is 23.0. The molecule has 0 aromatic heterocycles. The van der Waals surface area contributed by atoms with Gasteiger partial charge in [-0.2, -0.15) is 0 Å². The van der Waals surface area contributed by atoms with Crippen molar-refractivity contribution in [3.8, 4) is 0 Å². The molecule has 0 atom stereocenters. The molecule has 2 aliphatic rings. The Balaban J connectivity index is 1.61. The molecule has 0 spiro atoms. The summed E-state index contributed by atoms with van der Waals surface area (Å²) < 4.78 is 0. The summed E-state index contributed by atoms with van der Waals surface area (Å²) in [6, 6.07) is 0.127. The predicted octanol–water partition coefficient (Wildman–Crippen LogP) is 1.01. The highest BCUT2D eigenvalue weighted by Gasteiger charge is 2.29. The van der Waals surface area contributed by atoms with Crippen LogP contribution in [0, 0.1) is 0 Å². The number of hydrogen-bond acceptors (Lipinski definition) is 4. The molecule has 6 nitrogen and oxygen atoms in total. The number of likely N-dealkylation sites (tertiary alicyclic amines) is 1. The molecular formula is C17H34N4O2. The van der Waals surface area contributed by atoms with E-state index in [1.807, 2.05) is 0 Å². The van der Waals surface area contributed by atoms with Crippen LogP contribution in [0.4, 0.5) is 4.79 Å². The maximum absolute atomic E-state index is 12.0. The van der Waals surface area contributed by atoms with Gasteiger partial charge in [0.1, 0.15) is 0 Å². The molecule has 0 aromatic rings. The van der Waals surface area contributed by atoms with Crippen molar-refractivity contribution < 1.29 is 9.90 Å². The zero-order valence-corrected chi connectivity index (χ0v) is 14.8. The third kappa shape index (κ3) is 6.65. The minimum Gasteiger partial charge on any atom is -0.388 e. The van der Waals surface area contributed by atoms with Crippen LogP contribution in [0.1, 0.15) is 44.9 Å². The number of carbonyl (C=O) groups is 1. The minimum absolute atomic E-state index is 0.129. The van der Waals surface area contributed by atoms with Gasteiger partial charge in [0.2, 0.25) is 0 Å². The van der Waals surface area contributed by atoms with Crippen LogP contribution in [0.25, 0.3) is 0 Å². The third-order valence-electron chi connectivity index (χ3n) is 5.15. The molecule has 2 rings (SSSR count). The van der Waals surface area contributed by atoms with Gasteiger partial charge in [-0.05, 0) is 39.8 Å². The van der Waals surface area contributed by atoms with E-state index in [2.05, 4.69) is 34.5 Å². The Hall–Kier alpha value is -0.850. The summed E-state index contributed by atoms with van der Waals surface area (Å²) in [5, 5.41) is 16.3. The monoisotopic (exact) mass is 326 g/mol. The van der Waals surface area contributed by atoms with E-state index in [4.69, 9.17) is 0 Å². The van der Waals surface area contributed by atoms with E-state index >= 15 is 0 Å². The lowest BCUT2D eigenvalue weighted by molar-refractivity contribution is 0.00706. The van der Waals surface area contributed by atoms with Gasteiger partial charge >= 0.3 is 6.03 Å². The van der Waals surface area contributed by atoms with E-state index in [0.29, 0.717) is 6.54 Å². The van der Waals surface area contributed by atoms with Gasteiger partial charge in [-0.25, -0.2) is 4.79 Å². The molecule has 1 saturated heterocycles. The number of urea groups is 1. The Morgan fingerprint density at radius 1 is 1.22 bits per heavy atom. The van der Waals surface area contributed by atoms with Crippen LogP contribution in [-0.2, 0) is 0 Å². The first-order valence-corrected chi connectivity index (χ1v) is 9.11. The summed E-state index contributed by atoms with van der Waals surface area (Å²) in [7, 11) is 4.19. The number of carbonyl (C=O) groups excluding carboxylic acids is 1. The Bertz CT molecular complexity index is 362. The van der Waals surface area contributed by atoms with E-state index < -0.39 is 5.60 Å². The third-order valence-corrected chi connectivity index (χ3v) is 5.15. The van der Waals surface area contributed by atoms with Crippen LogP contribution in [0.15, 0.2) is 0 Å². The summed E-state index contributed by atoms with van der Waals surface area (Å²) in [5.41, 5.74) is -0.689. The Kier molecular flexibility index (Phi) is 7.11.